The lowest BCUT2D eigenvalue weighted by Gasteiger charge is -2.47. The lowest BCUT2D eigenvalue weighted by Crippen LogP contribution is -2.54. The van der Waals surface area contributed by atoms with Crippen LogP contribution in [0.25, 0.3) is 16.9 Å². The molecule has 0 unspecified atom stereocenters. The number of benzene rings is 2. The number of hydrogen-bond donors (Lipinski definition) is 1. The first-order chi connectivity index (χ1) is 14.6. The molecule has 5 heteroatoms. The van der Waals surface area contributed by atoms with E-state index in [1.54, 1.807) is 4.68 Å². The van der Waals surface area contributed by atoms with Crippen LogP contribution < -0.4 is 0 Å². The van der Waals surface area contributed by atoms with Crippen LogP contribution in [0.5, 0.6) is 0 Å². The Hall–Kier alpha value is -2.92. The molecular formula is C25H27N3O2. The minimum atomic E-state index is -0.593. The van der Waals surface area contributed by atoms with Crippen LogP contribution in [-0.4, -0.2) is 44.4 Å². The largest absolute Gasteiger partial charge is 0.389 e. The summed E-state index contributed by atoms with van der Waals surface area (Å²) in [6.45, 7) is 1.21. The maximum atomic E-state index is 13.6. The number of likely N-dealkylation sites (tertiary alicyclic amines) is 1. The van der Waals surface area contributed by atoms with E-state index >= 15 is 0 Å². The van der Waals surface area contributed by atoms with Crippen molar-refractivity contribution in [1.82, 2.24) is 14.7 Å². The van der Waals surface area contributed by atoms with Crippen molar-refractivity contribution < 1.29 is 9.90 Å². The molecule has 1 saturated carbocycles. The molecule has 2 aliphatic rings. The number of hydrogen-bond acceptors (Lipinski definition) is 3. The Morgan fingerprint density at radius 3 is 2.50 bits per heavy atom. The average molecular weight is 402 g/mol. The fourth-order valence-electron chi connectivity index (χ4n) is 4.97. The highest BCUT2D eigenvalue weighted by Gasteiger charge is 2.44. The molecule has 0 bridgehead atoms. The van der Waals surface area contributed by atoms with Gasteiger partial charge in [0.2, 0.25) is 0 Å². The Labute approximate surface area is 177 Å². The number of piperidine rings is 1. The van der Waals surface area contributed by atoms with E-state index in [-0.39, 0.29) is 11.8 Å². The van der Waals surface area contributed by atoms with Crippen LogP contribution in [0.2, 0.25) is 0 Å². The van der Waals surface area contributed by atoms with Crippen molar-refractivity contribution >= 4 is 5.91 Å². The summed E-state index contributed by atoms with van der Waals surface area (Å²) in [6, 6.07) is 21.6. The number of rotatable bonds is 3. The van der Waals surface area contributed by atoms with Crippen LogP contribution in [0.4, 0.5) is 0 Å². The molecule has 2 atom stereocenters. The standard InChI is InChI=1S/C25H27N3O2/c29-24(27-16-15-25(30)14-8-7-11-20(25)18-27)23-17-22(19-9-3-1-4-10-19)26-28(23)21-12-5-2-6-13-21/h1-6,9-10,12-13,17,20,30H,7-8,11,14-16,18H2/t20-,25-/m1/s1. The van der Waals surface area contributed by atoms with E-state index < -0.39 is 5.60 Å². The zero-order valence-corrected chi connectivity index (χ0v) is 17.1. The highest BCUT2D eigenvalue weighted by molar-refractivity contribution is 5.94. The van der Waals surface area contributed by atoms with E-state index in [1.807, 2.05) is 71.6 Å². The fraction of sp³-hybridized carbons (Fsp3) is 0.360. The van der Waals surface area contributed by atoms with Gasteiger partial charge in [0.25, 0.3) is 5.91 Å². The topological polar surface area (TPSA) is 58.4 Å². The Balaban J connectivity index is 1.50. The van der Waals surface area contributed by atoms with Gasteiger partial charge in [-0.2, -0.15) is 5.10 Å². The van der Waals surface area contributed by atoms with Crippen molar-refractivity contribution in [3.8, 4) is 16.9 Å². The minimum absolute atomic E-state index is 0.0128. The van der Waals surface area contributed by atoms with Gasteiger partial charge >= 0.3 is 0 Å². The molecule has 1 aliphatic carbocycles. The van der Waals surface area contributed by atoms with Gasteiger partial charge in [-0.3, -0.25) is 4.79 Å². The van der Waals surface area contributed by atoms with E-state index in [9.17, 15) is 9.90 Å². The van der Waals surface area contributed by atoms with Crippen molar-refractivity contribution in [1.29, 1.82) is 0 Å². The van der Waals surface area contributed by atoms with Crippen LogP contribution in [-0.2, 0) is 0 Å². The fourth-order valence-corrected chi connectivity index (χ4v) is 4.97. The molecule has 0 radical (unpaired) electrons. The normalized spacial score (nSPS) is 23.8. The number of nitrogens with zero attached hydrogens (tertiary/aromatic N) is 3. The quantitative estimate of drug-likeness (QED) is 0.712. The monoisotopic (exact) mass is 401 g/mol. The van der Waals surface area contributed by atoms with Crippen LogP contribution >= 0.6 is 0 Å². The molecule has 5 rings (SSSR count). The molecule has 1 aliphatic heterocycles. The molecule has 0 spiro atoms. The zero-order chi connectivity index (χ0) is 20.6. The third-order valence-electron chi connectivity index (χ3n) is 6.71. The van der Waals surface area contributed by atoms with Gasteiger partial charge in [0.05, 0.1) is 17.0 Å². The van der Waals surface area contributed by atoms with Crippen molar-refractivity contribution in [2.45, 2.75) is 37.7 Å². The predicted molar refractivity (Wildman–Crippen MR) is 116 cm³/mol. The van der Waals surface area contributed by atoms with Gasteiger partial charge in [-0.25, -0.2) is 4.68 Å². The number of carbonyl (C=O) groups excluding carboxylic acids is 1. The second-order valence-corrected chi connectivity index (χ2v) is 8.58. The molecule has 1 saturated heterocycles. The summed E-state index contributed by atoms with van der Waals surface area (Å²) in [4.78, 5) is 15.5. The summed E-state index contributed by atoms with van der Waals surface area (Å²) in [6.07, 6.45) is 4.74. The number of carbonyl (C=O) groups is 1. The van der Waals surface area contributed by atoms with E-state index in [0.717, 1.165) is 42.6 Å². The van der Waals surface area contributed by atoms with Crippen molar-refractivity contribution in [3.05, 3.63) is 72.4 Å². The Kier molecular flexibility index (Phi) is 4.91. The average Bonchev–Trinajstić information content (AvgIpc) is 3.25. The van der Waals surface area contributed by atoms with Gasteiger partial charge in [-0.1, -0.05) is 61.4 Å². The van der Waals surface area contributed by atoms with Crippen LogP contribution in [0.15, 0.2) is 66.7 Å². The molecule has 1 N–H and O–H groups in total. The van der Waals surface area contributed by atoms with Crippen molar-refractivity contribution in [2.75, 3.05) is 13.1 Å². The second-order valence-electron chi connectivity index (χ2n) is 8.58. The van der Waals surface area contributed by atoms with Crippen LogP contribution in [0, 0.1) is 5.92 Å². The second kappa shape index (κ2) is 7.73. The summed E-state index contributed by atoms with van der Waals surface area (Å²) < 4.78 is 1.76. The first-order valence-electron chi connectivity index (χ1n) is 10.9. The molecule has 2 aromatic carbocycles. The molecule has 3 aromatic rings. The number of fused-ring (bicyclic) bond motifs is 1. The number of aromatic nitrogens is 2. The smallest absolute Gasteiger partial charge is 0.272 e. The number of aliphatic hydroxyl groups is 1. The molecule has 2 heterocycles. The van der Waals surface area contributed by atoms with Crippen molar-refractivity contribution in [2.24, 2.45) is 5.92 Å². The zero-order valence-electron chi connectivity index (χ0n) is 17.1. The predicted octanol–water partition coefficient (Wildman–Crippen LogP) is 4.31. The first-order valence-corrected chi connectivity index (χ1v) is 10.9. The Morgan fingerprint density at radius 1 is 1.00 bits per heavy atom. The van der Waals surface area contributed by atoms with Gasteiger partial charge in [0.15, 0.2) is 0 Å². The highest BCUT2D eigenvalue weighted by atomic mass is 16.3. The van der Waals surface area contributed by atoms with Gasteiger partial charge in [0.1, 0.15) is 5.69 Å². The number of para-hydroxylation sites is 1. The Bertz CT molecular complexity index is 1030. The summed E-state index contributed by atoms with van der Waals surface area (Å²) >= 11 is 0. The van der Waals surface area contributed by atoms with Gasteiger partial charge < -0.3 is 10.0 Å². The molecule has 5 nitrogen and oxygen atoms in total. The third-order valence-corrected chi connectivity index (χ3v) is 6.71. The van der Waals surface area contributed by atoms with E-state index in [0.29, 0.717) is 25.2 Å². The first kappa shape index (κ1) is 19.1. The molecule has 30 heavy (non-hydrogen) atoms. The van der Waals surface area contributed by atoms with E-state index in [4.69, 9.17) is 5.10 Å². The summed E-state index contributed by atoms with van der Waals surface area (Å²) in [5.74, 6) is 0.159. The maximum absolute atomic E-state index is 13.6. The molecular weight excluding hydrogens is 374 g/mol. The van der Waals surface area contributed by atoms with E-state index in [1.165, 1.54) is 0 Å². The molecule has 1 amide bonds. The maximum Gasteiger partial charge on any atom is 0.272 e. The highest BCUT2D eigenvalue weighted by Crippen LogP contribution is 2.40. The van der Waals surface area contributed by atoms with E-state index in [2.05, 4.69) is 0 Å². The van der Waals surface area contributed by atoms with Crippen LogP contribution in [0.1, 0.15) is 42.6 Å². The van der Waals surface area contributed by atoms with Gasteiger partial charge in [-0.05, 0) is 37.5 Å². The van der Waals surface area contributed by atoms with Gasteiger partial charge in [-0.15, -0.1) is 0 Å². The summed E-state index contributed by atoms with van der Waals surface area (Å²) in [7, 11) is 0. The summed E-state index contributed by atoms with van der Waals surface area (Å²) in [5.41, 5.74) is 2.62. The van der Waals surface area contributed by atoms with Gasteiger partial charge in [0, 0.05) is 24.6 Å². The lowest BCUT2D eigenvalue weighted by molar-refractivity contribution is -0.0887. The molecule has 154 valence electrons. The lowest BCUT2D eigenvalue weighted by atomic mass is 9.71. The SMILES string of the molecule is O=C(c1cc(-c2ccccc2)nn1-c1ccccc1)N1CC[C@]2(O)CCCC[C@@H]2C1. The summed E-state index contributed by atoms with van der Waals surface area (Å²) in [5, 5.41) is 15.8. The van der Waals surface area contributed by atoms with Crippen LogP contribution in [0.3, 0.4) is 0 Å². The number of amides is 1. The molecule has 2 fully saturated rings. The third kappa shape index (κ3) is 3.43. The minimum Gasteiger partial charge on any atom is -0.389 e. The molecule has 1 aromatic heterocycles. The Morgan fingerprint density at radius 2 is 1.73 bits per heavy atom. The van der Waals surface area contributed by atoms with Crippen molar-refractivity contribution in [3.63, 3.8) is 0 Å².